The molecular formula is C24H29N3O5. The Hall–Kier alpha value is -3.55. The molecule has 3 rings (SSSR count). The number of anilines is 2. The molecule has 0 aromatic heterocycles. The minimum Gasteiger partial charge on any atom is -0.497 e. The van der Waals surface area contributed by atoms with Gasteiger partial charge in [0.05, 0.1) is 13.0 Å². The van der Waals surface area contributed by atoms with Gasteiger partial charge in [-0.1, -0.05) is 13.8 Å². The van der Waals surface area contributed by atoms with Crippen molar-refractivity contribution >= 4 is 29.1 Å². The maximum absolute atomic E-state index is 12.4. The average molecular weight is 440 g/mol. The zero-order chi connectivity index (χ0) is 23.1. The van der Waals surface area contributed by atoms with E-state index in [0.29, 0.717) is 41.9 Å². The van der Waals surface area contributed by atoms with Crippen LogP contribution in [0.4, 0.5) is 11.4 Å². The molecule has 8 heteroatoms. The zero-order valence-corrected chi connectivity index (χ0v) is 18.6. The van der Waals surface area contributed by atoms with Crippen LogP contribution in [-0.2, 0) is 14.4 Å². The summed E-state index contributed by atoms with van der Waals surface area (Å²) in [4.78, 5) is 38.4. The highest BCUT2D eigenvalue weighted by Crippen LogP contribution is 2.27. The van der Waals surface area contributed by atoms with E-state index in [1.165, 1.54) is 0 Å². The Morgan fingerprint density at radius 2 is 1.72 bits per heavy atom. The first-order valence-electron chi connectivity index (χ1n) is 10.6. The molecule has 1 heterocycles. The van der Waals surface area contributed by atoms with Gasteiger partial charge in [-0.05, 0) is 54.4 Å². The molecule has 1 aliphatic heterocycles. The maximum atomic E-state index is 12.4. The van der Waals surface area contributed by atoms with Crippen molar-refractivity contribution in [2.45, 2.75) is 20.3 Å². The topological polar surface area (TPSA) is 97.0 Å². The van der Waals surface area contributed by atoms with Crippen molar-refractivity contribution in [1.29, 1.82) is 0 Å². The van der Waals surface area contributed by atoms with E-state index in [0.717, 1.165) is 0 Å². The van der Waals surface area contributed by atoms with Crippen LogP contribution in [0.3, 0.4) is 0 Å². The molecule has 2 aromatic rings. The fraction of sp³-hybridized carbons (Fsp3) is 0.375. The summed E-state index contributed by atoms with van der Waals surface area (Å²) in [5.41, 5.74) is 1.35. The van der Waals surface area contributed by atoms with E-state index in [-0.39, 0.29) is 36.7 Å². The van der Waals surface area contributed by atoms with Gasteiger partial charge in [-0.25, -0.2) is 0 Å². The quantitative estimate of drug-likeness (QED) is 0.626. The van der Waals surface area contributed by atoms with Gasteiger partial charge in [0, 0.05) is 30.9 Å². The average Bonchev–Trinajstić information content (AvgIpc) is 3.18. The molecular weight excluding hydrogens is 410 g/mol. The first kappa shape index (κ1) is 23.1. The van der Waals surface area contributed by atoms with E-state index in [4.69, 9.17) is 9.47 Å². The molecule has 1 atom stereocenters. The van der Waals surface area contributed by atoms with Crippen molar-refractivity contribution in [2.75, 3.05) is 37.0 Å². The minimum absolute atomic E-state index is 0.0813. The summed E-state index contributed by atoms with van der Waals surface area (Å²) < 4.78 is 10.6. The van der Waals surface area contributed by atoms with E-state index in [1.807, 2.05) is 13.8 Å². The van der Waals surface area contributed by atoms with Gasteiger partial charge in [-0.3, -0.25) is 14.4 Å². The third-order valence-corrected chi connectivity index (χ3v) is 5.07. The predicted molar refractivity (Wildman–Crippen MR) is 122 cm³/mol. The minimum atomic E-state index is -0.348. The Labute approximate surface area is 187 Å². The van der Waals surface area contributed by atoms with E-state index in [2.05, 4.69) is 10.6 Å². The molecule has 3 amide bonds. The van der Waals surface area contributed by atoms with Gasteiger partial charge in [0.25, 0.3) is 5.91 Å². The second kappa shape index (κ2) is 10.7. The molecule has 0 saturated carbocycles. The fourth-order valence-corrected chi connectivity index (χ4v) is 3.32. The maximum Gasteiger partial charge on any atom is 0.262 e. The van der Waals surface area contributed by atoms with E-state index >= 15 is 0 Å². The Kier molecular flexibility index (Phi) is 7.70. The third kappa shape index (κ3) is 6.23. The van der Waals surface area contributed by atoms with E-state index in [9.17, 15) is 14.4 Å². The van der Waals surface area contributed by atoms with Crippen molar-refractivity contribution in [2.24, 2.45) is 11.8 Å². The smallest absolute Gasteiger partial charge is 0.262 e. The lowest BCUT2D eigenvalue weighted by atomic mass is 10.1. The summed E-state index contributed by atoms with van der Waals surface area (Å²) in [6.07, 6.45) is 0.202. The van der Waals surface area contributed by atoms with Crippen LogP contribution in [0.25, 0.3) is 0 Å². The molecule has 0 spiro atoms. The number of carbonyl (C=O) groups excluding carboxylic acids is 3. The lowest BCUT2D eigenvalue weighted by Crippen LogP contribution is -2.35. The molecule has 1 aliphatic rings. The Bertz CT molecular complexity index is 941. The summed E-state index contributed by atoms with van der Waals surface area (Å²) in [7, 11) is 1.58. The van der Waals surface area contributed by atoms with Crippen LogP contribution in [0.5, 0.6) is 11.5 Å². The first-order chi connectivity index (χ1) is 15.4. The lowest BCUT2D eigenvalue weighted by Gasteiger charge is -2.17. The van der Waals surface area contributed by atoms with E-state index in [1.54, 1.807) is 60.5 Å². The standard InChI is InChI=1S/C24H29N3O5/c1-16(2)13-25-24(30)17-12-23(29)27(14-17)19-6-10-21(11-7-19)32-15-22(28)26-18-4-8-20(31-3)9-5-18/h4-11,16-17H,12-15H2,1-3H3,(H,25,30)(H,26,28)/t17-/m0/s1. The first-order valence-corrected chi connectivity index (χ1v) is 10.6. The fourth-order valence-electron chi connectivity index (χ4n) is 3.32. The van der Waals surface area contributed by atoms with Crippen LogP contribution < -0.4 is 25.0 Å². The Morgan fingerprint density at radius 3 is 2.34 bits per heavy atom. The van der Waals surface area contributed by atoms with Gasteiger partial charge < -0.3 is 25.0 Å². The van der Waals surface area contributed by atoms with Gasteiger partial charge in [0.2, 0.25) is 11.8 Å². The van der Waals surface area contributed by atoms with Crippen molar-refractivity contribution in [1.82, 2.24) is 5.32 Å². The normalized spacial score (nSPS) is 15.6. The molecule has 0 bridgehead atoms. The van der Waals surface area contributed by atoms with Gasteiger partial charge in [0.1, 0.15) is 11.5 Å². The number of nitrogens with zero attached hydrogens (tertiary/aromatic N) is 1. The SMILES string of the molecule is COc1ccc(NC(=O)COc2ccc(N3C[C@@H](C(=O)NCC(C)C)CC3=O)cc2)cc1. The second-order valence-corrected chi connectivity index (χ2v) is 8.10. The van der Waals surface area contributed by atoms with Crippen molar-refractivity contribution in [3.05, 3.63) is 48.5 Å². The third-order valence-electron chi connectivity index (χ3n) is 5.07. The Balaban J connectivity index is 1.49. The van der Waals surface area contributed by atoms with Crippen molar-refractivity contribution < 1.29 is 23.9 Å². The zero-order valence-electron chi connectivity index (χ0n) is 18.6. The van der Waals surface area contributed by atoms with Gasteiger partial charge in [-0.15, -0.1) is 0 Å². The highest BCUT2D eigenvalue weighted by molar-refractivity contribution is 6.00. The highest BCUT2D eigenvalue weighted by atomic mass is 16.5. The number of benzene rings is 2. The number of hydrogen-bond acceptors (Lipinski definition) is 5. The molecule has 2 N–H and O–H groups in total. The summed E-state index contributed by atoms with van der Waals surface area (Å²) in [6.45, 7) is 4.86. The predicted octanol–water partition coefficient (Wildman–Crippen LogP) is 2.84. The molecule has 0 radical (unpaired) electrons. The van der Waals surface area contributed by atoms with Gasteiger partial charge in [-0.2, -0.15) is 0 Å². The molecule has 0 unspecified atom stereocenters. The number of methoxy groups -OCH3 is 1. The summed E-state index contributed by atoms with van der Waals surface area (Å²) in [5.74, 6) is 0.774. The van der Waals surface area contributed by atoms with Gasteiger partial charge in [0.15, 0.2) is 6.61 Å². The number of nitrogens with one attached hydrogen (secondary N) is 2. The monoisotopic (exact) mass is 439 g/mol. The Morgan fingerprint density at radius 1 is 1.06 bits per heavy atom. The van der Waals surface area contributed by atoms with Crippen LogP contribution in [0.2, 0.25) is 0 Å². The number of amides is 3. The van der Waals surface area contributed by atoms with Crippen LogP contribution in [0.1, 0.15) is 20.3 Å². The number of ether oxygens (including phenoxy) is 2. The van der Waals surface area contributed by atoms with Crippen LogP contribution in [-0.4, -0.2) is 44.5 Å². The summed E-state index contributed by atoms with van der Waals surface area (Å²) in [5, 5.41) is 5.64. The molecule has 2 aromatic carbocycles. The second-order valence-electron chi connectivity index (χ2n) is 8.10. The van der Waals surface area contributed by atoms with Crippen molar-refractivity contribution in [3.8, 4) is 11.5 Å². The summed E-state index contributed by atoms with van der Waals surface area (Å²) >= 11 is 0. The molecule has 1 fully saturated rings. The molecule has 8 nitrogen and oxygen atoms in total. The molecule has 1 saturated heterocycles. The van der Waals surface area contributed by atoms with Crippen LogP contribution in [0, 0.1) is 11.8 Å². The lowest BCUT2D eigenvalue weighted by molar-refractivity contribution is -0.126. The van der Waals surface area contributed by atoms with Crippen molar-refractivity contribution in [3.63, 3.8) is 0 Å². The van der Waals surface area contributed by atoms with Gasteiger partial charge >= 0.3 is 0 Å². The molecule has 32 heavy (non-hydrogen) atoms. The number of rotatable bonds is 9. The largest absolute Gasteiger partial charge is 0.497 e. The highest BCUT2D eigenvalue weighted by Gasteiger charge is 2.35. The van der Waals surface area contributed by atoms with Crippen LogP contribution >= 0.6 is 0 Å². The molecule has 0 aliphatic carbocycles. The van der Waals surface area contributed by atoms with Crippen LogP contribution in [0.15, 0.2) is 48.5 Å². The molecule has 170 valence electrons. The summed E-state index contributed by atoms with van der Waals surface area (Å²) in [6, 6.07) is 13.9. The number of carbonyl (C=O) groups is 3. The van der Waals surface area contributed by atoms with E-state index < -0.39 is 0 Å². The number of hydrogen-bond donors (Lipinski definition) is 2.